The maximum Gasteiger partial charge on any atom is 0.259 e. The molecule has 3 rings (SSSR count). The molecule has 0 atom stereocenters. The number of nitrogens with two attached hydrogens (primary N) is 1. The van der Waals surface area contributed by atoms with Crippen LogP contribution in [0, 0.1) is 6.92 Å². The van der Waals surface area contributed by atoms with Crippen LogP contribution in [0.1, 0.15) is 16.1 Å². The molecule has 21 heavy (non-hydrogen) atoms. The van der Waals surface area contributed by atoms with Gasteiger partial charge >= 0.3 is 0 Å². The van der Waals surface area contributed by atoms with Gasteiger partial charge in [0.25, 0.3) is 5.91 Å². The molecule has 2 N–H and O–H groups in total. The zero-order valence-electron chi connectivity index (χ0n) is 11.7. The van der Waals surface area contributed by atoms with Crippen LogP contribution in [0.5, 0.6) is 0 Å². The second-order valence-corrected chi connectivity index (χ2v) is 4.78. The van der Waals surface area contributed by atoms with E-state index in [0.717, 1.165) is 5.69 Å². The van der Waals surface area contributed by atoms with Crippen molar-refractivity contribution < 1.29 is 9.53 Å². The summed E-state index contributed by atoms with van der Waals surface area (Å²) in [5, 5.41) is 4.17. The third kappa shape index (κ3) is 2.57. The number of morpholine rings is 1. The number of nitrogen functional groups attached to an aromatic ring is 1. The number of aromatic nitrogens is 4. The number of ether oxygens (including phenoxy) is 1. The molecule has 3 heterocycles. The molecule has 1 fully saturated rings. The Morgan fingerprint density at radius 2 is 2.10 bits per heavy atom. The van der Waals surface area contributed by atoms with Crippen LogP contribution in [0.2, 0.25) is 0 Å². The van der Waals surface area contributed by atoms with E-state index in [1.165, 1.54) is 17.2 Å². The van der Waals surface area contributed by atoms with Gasteiger partial charge in [0.2, 0.25) is 0 Å². The summed E-state index contributed by atoms with van der Waals surface area (Å²) in [5.41, 5.74) is 7.24. The molecule has 8 nitrogen and oxygen atoms in total. The molecular weight excluding hydrogens is 272 g/mol. The molecule has 110 valence electrons. The molecule has 1 aliphatic rings. The average molecular weight is 288 g/mol. The largest absolute Gasteiger partial charge is 0.383 e. The summed E-state index contributed by atoms with van der Waals surface area (Å²) in [7, 11) is 0. The number of hydrogen-bond acceptors (Lipinski definition) is 6. The third-order valence-electron chi connectivity index (χ3n) is 3.34. The molecule has 0 aliphatic carbocycles. The van der Waals surface area contributed by atoms with Crippen molar-refractivity contribution in [1.29, 1.82) is 0 Å². The molecular formula is C13H16N6O2. The fraction of sp³-hybridized carbons (Fsp3) is 0.385. The lowest BCUT2D eigenvalue weighted by atomic mass is 10.2. The minimum Gasteiger partial charge on any atom is -0.383 e. The predicted octanol–water partition coefficient (Wildman–Crippen LogP) is 0.0253. The third-order valence-corrected chi connectivity index (χ3v) is 3.34. The van der Waals surface area contributed by atoms with Gasteiger partial charge in [-0.05, 0) is 6.92 Å². The van der Waals surface area contributed by atoms with E-state index in [1.54, 1.807) is 11.0 Å². The molecule has 0 spiro atoms. The van der Waals surface area contributed by atoms with E-state index in [-0.39, 0.29) is 11.7 Å². The minimum absolute atomic E-state index is 0.132. The van der Waals surface area contributed by atoms with Gasteiger partial charge in [0.15, 0.2) is 5.82 Å². The van der Waals surface area contributed by atoms with E-state index in [9.17, 15) is 4.79 Å². The number of anilines is 1. The zero-order valence-corrected chi connectivity index (χ0v) is 11.7. The lowest BCUT2D eigenvalue weighted by molar-refractivity contribution is 0.0303. The number of carbonyl (C=O) groups is 1. The highest BCUT2D eigenvalue weighted by Crippen LogP contribution is 2.18. The van der Waals surface area contributed by atoms with Crippen molar-refractivity contribution in [2.24, 2.45) is 0 Å². The monoisotopic (exact) mass is 288 g/mol. The van der Waals surface area contributed by atoms with Gasteiger partial charge in [-0.3, -0.25) is 4.79 Å². The quantitative estimate of drug-likeness (QED) is 0.836. The maximum atomic E-state index is 12.4. The van der Waals surface area contributed by atoms with Crippen LogP contribution < -0.4 is 5.73 Å². The Kier molecular flexibility index (Phi) is 3.53. The molecule has 0 bridgehead atoms. The van der Waals surface area contributed by atoms with Crippen LogP contribution in [0.15, 0.2) is 18.6 Å². The minimum atomic E-state index is -0.132. The summed E-state index contributed by atoms with van der Waals surface area (Å²) in [6.07, 6.45) is 2.92. The first-order valence-corrected chi connectivity index (χ1v) is 6.66. The van der Waals surface area contributed by atoms with E-state index in [0.29, 0.717) is 37.7 Å². The van der Waals surface area contributed by atoms with E-state index in [1.807, 2.05) is 6.92 Å². The van der Waals surface area contributed by atoms with Gasteiger partial charge in [-0.25, -0.2) is 9.97 Å². The summed E-state index contributed by atoms with van der Waals surface area (Å²) in [6.45, 7) is 4.08. The van der Waals surface area contributed by atoms with Crippen LogP contribution in [0.3, 0.4) is 0 Å². The Balaban J connectivity index is 1.90. The summed E-state index contributed by atoms with van der Waals surface area (Å²) in [6, 6.07) is 1.76. The van der Waals surface area contributed by atoms with Crippen molar-refractivity contribution in [3.8, 4) is 5.82 Å². The first-order chi connectivity index (χ1) is 10.2. The van der Waals surface area contributed by atoms with Crippen LogP contribution in [-0.2, 0) is 4.74 Å². The predicted molar refractivity (Wildman–Crippen MR) is 75.0 cm³/mol. The van der Waals surface area contributed by atoms with Gasteiger partial charge in [-0.15, -0.1) is 0 Å². The lowest BCUT2D eigenvalue weighted by Crippen LogP contribution is -2.40. The normalized spacial score (nSPS) is 15.2. The van der Waals surface area contributed by atoms with Crippen molar-refractivity contribution in [3.63, 3.8) is 0 Å². The number of carbonyl (C=O) groups excluding carboxylic acids is 1. The molecule has 2 aromatic heterocycles. The van der Waals surface area contributed by atoms with Crippen LogP contribution in [0.4, 0.5) is 5.82 Å². The van der Waals surface area contributed by atoms with Gasteiger partial charge in [-0.1, -0.05) is 0 Å². The molecule has 1 saturated heterocycles. The Labute approximate surface area is 121 Å². The van der Waals surface area contributed by atoms with E-state index < -0.39 is 0 Å². The number of hydrogen-bond donors (Lipinski definition) is 1. The van der Waals surface area contributed by atoms with Crippen molar-refractivity contribution in [1.82, 2.24) is 24.6 Å². The van der Waals surface area contributed by atoms with Gasteiger partial charge in [0.1, 0.15) is 17.7 Å². The van der Waals surface area contributed by atoms with E-state index in [4.69, 9.17) is 10.5 Å². The average Bonchev–Trinajstić information content (AvgIpc) is 2.89. The molecule has 0 saturated carbocycles. The van der Waals surface area contributed by atoms with E-state index in [2.05, 4.69) is 15.1 Å². The molecule has 1 amide bonds. The Bertz CT molecular complexity index is 662. The van der Waals surface area contributed by atoms with E-state index >= 15 is 0 Å². The van der Waals surface area contributed by atoms with Gasteiger partial charge < -0.3 is 15.4 Å². The zero-order chi connectivity index (χ0) is 14.8. The maximum absolute atomic E-state index is 12.4. The van der Waals surface area contributed by atoms with Gasteiger partial charge in [0.05, 0.1) is 19.4 Å². The molecule has 1 aliphatic heterocycles. The SMILES string of the molecule is Cc1cc(-n2ncc(C(=O)N3CCOCC3)c2N)ncn1. The number of aryl methyl sites for hydroxylation is 1. The van der Waals surface area contributed by atoms with Crippen molar-refractivity contribution in [3.05, 3.63) is 29.8 Å². The molecule has 0 radical (unpaired) electrons. The Morgan fingerprint density at radius 1 is 1.33 bits per heavy atom. The first kappa shape index (κ1) is 13.5. The van der Waals surface area contributed by atoms with Gasteiger partial charge in [-0.2, -0.15) is 9.78 Å². The molecule has 0 unspecified atom stereocenters. The summed E-state index contributed by atoms with van der Waals surface area (Å²) < 4.78 is 6.69. The molecule has 2 aromatic rings. The highest BCUT2D eigenvalue weighted by Gasteiger charge is 2.23. The number of amides is 1. The molecule has 8 heteroatoms. The lowest BCUT2D eigenvalue weighted by Gasteiger charge is -2.26. The highest BCUT2D eigenvalue weighted by atomic mass is 16.5. The van der Waals surface area contributed by atoms with Crippen LogP contribution in [0.25, 0.3) is 5.82 Å². The smallest absolute Gasteiger partial charge is 0.259 e. The fourth-order valence-electron chi connectivity index (χ4n) is 2.20. The van der Waals surface area contributed by atoms with Crippen LogP contribution in [-0.4, -0.2) is 56.9 Å². The molecule has 0 aromatic carbocycles. The highest BCUT2D eigenvalue weighted by molar-refractivity contribution is 5.98. The van der Waals surface area contributed by atoms with Crippen LogP contribution >= 0.6 is 0 Å². The number of nitrogens with zero attached hydrogens (tertiary/aromatic N) is 5. The fourth-order valence-corrected chi connectivity index (χ4v) is 2.20. The van der Waals surface area contributed by atoms with Crippen molar-refractivity contribution >= 4 is 11.7 Å². The summed E-state index contributed by atoms with van der Waals surface area (Å²) in [5.74, 6) is 0.693. The van der Waals surface area contributed by atoms with Gasteiger partial charge in [0, 0.05) is 24.8 Å². The topological polar surface area (TPSA) is 99.2 Å². The second-order valence-electron chi connectivity index (χ2n) is 4.78. The van der Waals surface area contributed by atoms with Crippen molar-refractivity contribution in [2.75, 3.05) is 32.0 Å². The summed E-state index contributed by atoms with van der Waals surface area (Å²) in [4.78, 5) is 22.3. The Hall–Kier alpha value is -2.48. The first-order valence-electron chi connectivity index (χ1n) is 6.66. The second kappa shape index (κ2) is 5.49. The Morgan fingerprint density at radius 3 is 2.81 bits per heavy atom. The number of rotatable bonds is 2. The van der Waals surface area contributed by atoms with Crippen molar-refractivity contribution in [2.45, 2.75) is 6.92 Å². The standard InChI is InChI=1S/C13H16N6O2/c1-9-6-11(16-8-15-9)19-12(14)10(7-17-19)13(20)18-2-4-21-5-3-18/h6-8H,2-5,14H2,1H3. The summed E-state index contributed by atoms with van der Waals surface area (Å²) >= 11 is 0.